The molecule has 0 radical (unpaired) electrons. The van der Waals surface area contributed by atoms with Gasteiger partial charge in [-0.1, -0.05) is 24.3 Å². The van der Waals surface area contributed by atoms with Crippen molar-refractivity contribution < 1.29 is 4.79 Å². The molecule has 0 amide bonds. The number of Topliss-reactive ketones (excluding diaryl/α,β-unsaturated/α-hetero) is 1. The Hall–Kier alpha value is -2.99. The van der Waals surface area contributed by atoms with Crippen LogP contribution in [0.5, 0.6) is 0 Å². The highest BCUT2D eigenvalue weighted by atomic mass is 32.1. The molecule has 5 nitrogen and oxygen atoms in total. The van der Waals surface area contributed by atoms with Gasteiger partial charge in [0.1, 0.15) is 0 Å². The molecule has 3 heterocycles. The molecule has 1 N–H and O–H groups in total. The number of ketones is 1. The number of rotatable bonds is 2. The minimum Gasteiger partial charge on any atom is -0.294 e. The van der Waals surface area contributed by atoms with Crippen molar-refractivity contribution in [1.82, 2.24) is 14.8 Å². The summed E-state index contributed by atoms with van der Waals surface area (Å²) in [6, 6.07) is 15.2. The van der Waals surface area contributed by atoms with Crippen LogP contribution >= 0.6 is 11.3 Å². The van der Waals surface area contributed by atoms with E-state index in [2.05, 4.69) is 16.1 Å². The highest BCUT2D eigenvalue weighted by Crippen LogP contribution is 2.34. The molecule has 0 saturated heterocycles. The van der Waals surface area contributed by atoms with E-state index in [-0.39, 0.29) is 17.3 Å². The first-order valence-electron chi connectivity index (χ1n) is 8.47. The van der Waals surface area contributed by atoms with Gasteiger partial charge in [0.15, 0.2) is 11.4 Å². The van der Waals surface area contributed by atoms with Gasteiger partial charge in [-0.25, -0.2) is 9.67 Å². The summed E-state index contributed by atoms with van der Waals surface area (Å²) in [5.74, 6) is 0.230. The Morgan fingerprint density at radius 2 is 1.92 bits per heavy atom. The van der Waals surface area contributed by atoms with E-state index >= 15 is 0 Å². The number of nitrogens with zero attached hydrogens (tertiary/aromatic N) is 2. The quantitative estimate of drug-likeness (QED) is 0.592. The van der Waals surface area contributed by atoms with E-state index < -0.39 is 0 Å². The number of aromatic nitrogens is 3. The van der Waals surface area contributed by atoms with Crippen molar-refractivity contribution in [2.45, 2.75) is 18.8 Å². The van der Waals surface area contributed by atoms with Crippen LogP contribution in [0.3, 0.4) is 0 Å². The second-order valence-corrected chi connectivity index (χ2v) is 7.49. The number of thiophene rings is 1. The van der Waals surface area contributed by atoms with Crippen molar-refractivity contribution in [2.75, 3.05) is 0 Å². The summed E-state index contributed by atoms with van der Waals surface area (Å²) in [7, 11) is 0. The molecule has 128 valence electrons. The predicted octanol–water partition coefficient (Wildman–Crippen LogP) is 3.69. The van der Waals surface area contributed by atoms with E-state index in [0.29, 0.717) is 23.0 Å². The van der Waals surface area contributed by atoms with Gasteiger partial charge in [-0.05, 0) is 36.1 Å². The number of hydrogen-bond acceptors (Lipinski definition) is 4. The topological polar surface area (TPSA) is 67.8 Å². The Morgan fingerprint density at radius 1 is 1.08 bits per heavy atom. The summed E-state index contributed by atoms with van der Waals surface area (Å²) in [4.78, 5) is 31.3. The SMILES string of the molecule is O=C1C[C@H](c2cccs2)Cc2nc3[nH]n(-c4ccccc4)c(=O)c3cc21. The highest BCUT2D eigenvalue weighted by Gasteiger charge is 2.29. The third kappa shape index (κ3) is 2.34. The summed E-state index contributed by atoms with van der Waals surface area (Å²) in [5, 5.41) is 5.56. The monoisotopic (exact) mass is 361 g/mol. The molecule has 4 aromatic rings. The van der Waals surface area contributed by atoms with Crippen molar-refractivity contribution in [1.29, 1.82) is 0 Å². The molecular weight excluding hydrogens is 346 g/mol. The molecular formula is C20H15N3O2S. The number of pyridine rings is 1. The van der Waals surface area contributed by atoms with Crippen LogP contribution in [0.1, 0.15) is 33.3 Å². The molecule has 0 unspecified atom stereocenters. The van der Waals surface area contributed by atoms with Gasteiger partial charge in [-0.3, -0.25) is 14.7 Å². The van der Waals surface area contributed by atoms with Gasteiger partial charge in [0.2, 0.25) is 0 Å². The molecule has 6 heteroatoms. The number of H-pyrrole nitrogens is 1. The minimum absolute atomic E-state index is 0.0610. The molecule has 1 aromatic carbocycles. The van der Waals surface area contributed by atoms with E-state index in [1.165, 1.54) is 9.56 Å². The lowest BCUT2D eigenvalue weighted by molar-refractivity contribution is 0.0964. The first kappa shape index (κ1) is 15.3. The zero-order chi connectivity index (χ0) is 17.7. The van der Waals surface area contributed by atoms with Crippen LogP contribution in [-0.4, -0.2) is 20.5 Å². The van der Waals surface area contributed by atoms with E-state index in [1.807, 2.05) is 41.8 Å². The van der Waals surface area contributed by atoms with E-state index in [9.17, 15) is 9.59 Å². The molecule has 1 atom stereocenters. The second kappa shape index (κ2) is 5.78. The molecule has 0 fully saturated rings. The maximum Gasteiger partial charge on any atom is 0.280 e. The zero-order valence-electron chi connectivity index (χ0n) is 13.8. The van der Waals surface area contributed by atoms with Crippen molar-refractivity contribution in [3.05, 3.63) is 80.4 Å². The maximum atomic E-state index is 12.8. The Balaban J connectivity index is 1.65. The van der Waals surface area contributed by atoms with Crippen molar-refractivity contribution >= 4 is 28.2 Å². The molecule has 1 aliphatic carbocycles. The Labute approximate surface area is 152 Å². The van der Waals surface area contributed by atoms with Crippen molar-refractivity contribution in [3.8, 4) is 5.69 Å². The summed E-state index contributed by atoms with van der Waals surface area (Å²) >= 11 is 1.67. The lowest BCUT2D eigenvalue weighted by Gasteiger charge is -2.21. The Bertz CT molecular complexity index is 1170. The zero-order valence-corrected chi connectivity index (χ0v) is 14.6. The van der Waals surface area contributed by atoms with Crippen LogP contribution in [0.4, 0.5) is 0 Å². The van der Waals surface area contributed by atoms with Crippen molar-refractivity contribution in [2.24, 2.45) is 0 Å². The van der Waals surface area contributed by atoms with Gasteiger partial charge in [0.25, 0.3) is 5.56 Å². The van der Waals surface area contributed by atoms with Crippen LogP contribution in [0.25, 0.3) is 16.7 Å². The van der Waals surface area contributed by atoms with Crippen LogP contribution < -0.4 is 5.56 Å². The number of carbonyl (C=O) groups is 1. The minimum atomic E-state index is -0.185. The Morgan fingerprint density at radius 3 is 2.69 bits per heavy atom. The van der Waals surface area contributed by atoms with E-state index in [1.54, 1.807) is 17.4 Å². The fourth-order valence-corrected chi connectivity index (χ4v) is 4.43. The lowest BCUT2D eigenvalue weighted by Crippen LogP contribution is -2.20. The largest absolute Gasteiger partial charge is 0.294 e. The van der Waals surface area contributed by atoms with Gasteiger partial charge in [-0.2, -0.15) is 0 Å². The molecule has 0 bridgehead atoms. The first-order valence-corrected chi connectivity index (χ1v) is 9.35. The normalized spacial score (nSPS) is 16.8. The fraction of sp³-hybridized carbons (Fsp3) is 0.150. The van der Waals surface area contributed by atoms with Gasteiger partial charge in [0.05, 0.1) is 16.8 Å². The van der Waals surface area contributed by atoms with Gasteiger partial charge in [0, 0.05) is 22.8 Å². The molecule has 26 heavy (non-hydrogen) atoms. The molecule has 5 rings (SSSR count). The Kier molecular flexibility index (Phi) is 3.39. The summed E-state index contributed by atoms with van der Waals surface area (Å²) < 4.78 is 1.48. The molecule has 1 aliphatic rings. The lowest BCUT2D eigenvalue weighted by atomic mass is 9.85. The number of para-hydroxylation sites is 1. The maximum absolute atomic E-state index is 12.8. The molecule has 0 spiro atoms. The summed E-state index contributed by atoms with van der Waals surface area (Å²) in [6.07, 6.45) is 1.19. The second-order valence-electron chi connectivity index (χ2n) is 6.51. The van der Waals surface area contributed by atoms with Gasteiger partial charge >= 0.3 is 0 Å². The predicted molar refractivity (Wildman–Crippen MR) is 101 cm³/mol. The number of aromatic amines is 1. The summed E-state index contributed by atoms with van der Waals surface area (Å²) in [5.41, 5.74) is 2.44. The van der Waals surface area contributed by atoms with Crippen LogP contribution in [0.2, 0.25) is 0 Å². The highest BCUT2D eigenvalue weighted by molar-refractivity contribution is 7.10. The number of carbonyl (C=O) groups excluding carboxylic acids is 1. The average molecular weight is 361 g/mol. The third-order valence-corrected chi connectivity index (χ3v) is 5.92. The smallest absolute Gasteiger partial charge is 0.280 e. The summed E-state index contributed by atoms with van der Waals surface area (Å²) in [6.45, 7) is 0. The molecule has 0 saturated carbocycles. The molecule has 0 aliphatic heterocycles. The number of nitrogens with one attached hydrogen (secondary N) is 1. The standard InChI is InChI=1S/C20H15N3O2S/c24-17-10-12(18-7-4-8-26-18)9-16-14(17)11-15-19(21-16)22-23(20(15)25)13-5-2-1-3-6-13/h1-8,11-12H,9-10H2,(H,21,22)/t12-/m1/s1. The third-order valence-electron chi connectivity index (χ3n) is 4.88. The van der Waals surface area contributed by atoms with Crippen LogP contribution in [0, 0.1) is 0 Å². The van der Waals surface area contributed by atoms with Crippen LogP contribution in [0.15, 0.2) is 58.7 Å². The van der Waals surface area contributed by atoms with E-state index in [4.69, 9.17) is 0 Å². The number of benzene rings is 1. The number of hydrogen-bond donors (Lipinski definition) is 1. The van der Waals surface area contributed by atoms with Crippen molar-refractivity contribution in [3.63, 3.8) is 0 Å². The average Bonchev–Trinajstić information content (AvgIpc) is 3.30. The van der Waals surface area contributed by atoms with E-state index in [0.717, 1.165) is 17.8 Å². The first-order chi connectivity index (χ1) is 12.7. The van der Waals surface area contributed by atoms with Crippen LogP contribution in [-0.2, 0) is 6.42 Å². The van der Waals surface area contributed by atoms with Gasteiger partial charge < -0.3 is 0 Å². The molecule has 3 aromatic heterocycles. The fourth-order valence-electron chi connectivity index (χ4n) is 3.60. The van der Waals surface area contributed by atoms with Gasteiger partial charge in [-0.15, -0.1) is 11.3 Å². The number of fused-ring (bicyclic) bond motifs is 2.